The number of likely N-dealkylation sites (N-methyl/N-ethyl adjacent to an activating group) is 1. The molecule has 0 aliphatic carbocycles. The molecule has 0 atom stereocenters. The van der Waals surface area contributed by atoms with Gasteiger partial charge in [0, 0.05) is 26.2 Å². The Bertz CT molecular complexity index is 510. The monoisotopic (exact) mass is 283 g/mol. The molecule has 1 aromatic rings. The number of carbonyl (C=O) groups is 1. The first-order chi connectivity index (χ1) is 9.06. The summed E-state index contributed by atoms with van der Waals surface area (Å²) in [6, 6.07) is 0. The number of hydrogen-bond donors (Lipinski definition) is 1. The molecule has 1 aliphatic heterocycles. The second kappa shape index (κ2) is 6.16. The van der Waals surface area contributed by atoms with Gasteiger partial charge < -0.3 is 9.80 Å². The van der Waals surface area contributed by atoms with Crippen LogP contribution in [-0.2, 0) is 4.79 Å². The largest absolute Gasteiger partial charge is 0.339 e. The van der Waals surface area contributed by atoms with Gasteiger partial charge in [0.15, 0.2) is 5.16 Å². The molecule has 1 N–H and O–H groups in total. The molecule has 1 aliphatic rings. The fourth-order valence-corrected chi connectivity index (χ4v) is 2.43. The highest BCUT2D eigenvalue weighted by atomic mass is 32.2. The maximum atomic E-state index is 12.0. The highest BCUT2D eigenvalue weighted by Gasteiger charge is 2.19. The van der Waals surface area contributed by atoms with Crippen LogP contribution in [0.1, 0.15) is 5.69 Å². The maximum Gasteiger partial charge on any atom is 0.273 e. The zero-order chi connectivity index (χ0) is 13.8. The molecule has 0 aromatic carbocycles. The standard InChI is InChI=1S/C11H17N5O2S/c1-8-10(18)12-11(14-13-8)19-7-9(17)16-5-3-15(2)4-6-16/h3-7H2,1-2H3,(H,12,14,18). The van der Waals surface area contributed by atoms with Gasteiger partial charge in [-0.05, 0) is 14.0 Å². The van der Waals surface area contributed by atoms with E-state index in [1.807, 2.05) is 11.9 Å². The minimum atomic E-state index is -0.260. The van der Waals surface area contributed by atoms with Crippen LogP contribution in [0.15, 0.2) is 9.95 Å². The lowest BCUT2D eigenvalue weighted by molar-refractivity contribution is -0.129. The molecule has 0 bridgehead atoms. The molecule has 0 radical (unpaired) electrons. The molecule has 1 amide bonds. The van der Waals surface area contributed by atoms with Crippen molar-refractivity contribution in [2.45, 2.75) is 12.1 Å². The van der Waals surface area contributed by atoms with E-state index in [2.05, 4.69) is 20.1 Å². The molecule has 8 heteroatoms. The molecule has 0 spiro atoms. The first-order valence-corrected chi connectivity index (χ1v) is 7.07. The number of carbonyl (C=O) groups excluding carboxylic acids is 1. The smallest absolute Gasteiger partial charge is 0.273 e. The van der Waals surface area contributed by atoms with Crippen LogP contribution in [0, 0.1) is 6.92 Å². The van der Waals surface area contributed by atoms with E-state index in [-0.39, 0.29) is 17.2 Å². The first kappa shape index (κ1) is 14.0. The van der Waals surface area contributed by atoms with Crippen molar-refractivity contribution < 1.29 is 4.79 Å². The third kappa shape index (κ3) is 3.77. The molecular formula is C11H17N5O2S. The number of amides is 1. The van der Waals surface area contributed by atoms with E-state index in [9.17, 15) is 9.59 Å². The fraction of sp³-hybridized carbons (Fsp3) is 0.636. The Balaban J connectivity index is 1.86. The number of nitrogens with one attached hydrogen (secondary N) is 1. The molecule has 1 saturated heterocycles. The van der Waals surface area contributed by atoms with Gasteiger partial charge in [-0.1, -0.05) is 11.8 Å². The Morgan fingerprint density at radius 3 is 2.63 bits per heavy atom. The van der Waals surface area contributed by atoms with E-state index in [1.165, 1.54) is 11.8 Å². The predicted octanol–water partition coefficient (Wildman–Crippen LogP) is -0.661. The molecule has 104 valence electrons. The van der Waals surface area contributed by atoms with Crippen molar-refractivity contribution in [3.63, 3.8) is 0 Å². The zero-order valence-electron chi connectivity index (χ0n) is 11.0. The lowest BCUT2D eigenvalue weighted by atomic mass is 10.3. The average molecular weight is 283 g/mol. The quantitative estimate of drug-likeness (QED) is 0.742. The number of H-pyrrole nitrogens is 1. The number of thioether (sulfide) groups is 1. The molecule has 1 aromatic heterocycles. The Morgan fingerprint density at radius 1 is 1.32 bits per heavy atom. The normalized spacial score (nSPS) is 16.6. The molecule has 7 nitrogen and oxygen atoms in total. The minimum Gasteiger partial charge on any atom is -0.339 e. The number of hydrogen-bond acceptors (Lipinski definition) is 6. The zero-order valence-corrected chi connectivity index (χ0v) is 11.9. The molecule has 2 heterocycles. The lowest BCUT2D eigenvalue weighted by Crippen LogP contribution is -2.47. The van der Waals surface area contributed by atoms with Crippen LogP contribution in [0.25, 0.3) is 0 Å². The van der Waals surface area contributed by atoms with Gasteiger partial charge in [-0.2, -0.15) is 0 Å². The van der Waals surface area contributed by atoms with Gasteiger partial charge in [-0.25, -0.2) is 0 Å². The molecule has 0 unspecified atom stereocenters. The molecule has 1 fully saturated rings. The van der Waals surface area contributed by atoms with Gasteiger partial charge in [0.05, 0.1) is 5.75 Å². The summed E-state index contributed by atoms with van der Waals surface area (Å²) < 4.78 is 0. The van der Waals surface area contributed by atoms with Crippen molar-refractivity contribution in [3.05, 3.63) is 16.0 Å². The summed E-state index contributed by atoms with van der Waals surface area (Å²) in [7, 11) is 2.04. The second-order valence-corrected chi connectivity index (χ2v) is 5.48. The summed E-state index contributed by atoms with van der Waals surface area (Å²) >= 11 is 1.21. The van der Waals surface area contributed by atoms with Crippen molar-refractivity contribution in [1.82, 2.24) is 25.0 Å². The molecular weight excluding hydrogens is 266 g/mol. The molecule has 0 saturated carbocycles. The van der Waals surface area contributed by atoms with E-state index in [0.29, 0.717) is 10.9 Å². The van der Waals surface area contributed by atoms with Crippen LogP contribution in [0.2, 0.25) is 0 Å². The Hall–Kier alpha value is -1.41. The summed E-state index contributed by atoms with van der Waals surface area (Å²) in [5.74, 6) is 0.346. The highest BCUT2D eigenvalue weighted by molar-refractivity contribution is 7.99. The number of piperazine rings is 1. The Labute approximate surface area is 115 Å². The molecule has 2 rings (SSSR count). The van der Waals surface area contributed by atoms with Gasteiger partial charge in [0.1, 0.15) is 5.69 Å². The van der Waals surface area contributed by atoms with Crippen molar-refractivity contribution >= 4 is 17.7 Å². The second-order valence-electron chi connectivity index (χ2n) is 4.52. The summed E-state index contributed by atoms with van der Waals surface area (Å²) in [5.41, 5.74) is 0.0688. The van der Waals surface area contributed by atoms with Crippen LogP contribution in [0.3, 0.4) is 0 Å². The van der Waals surface area contributed by atoms with Crippen LogP contribution in [0.4, 0.5) is 0 Å². The summed E-state index contributed by atoms with van der Waals surface area (Å²) in [5, 5.41) is 7.97. The number of nitrogens with zero attached hydrogens (tertiary/aromatic N) is 4. The van der Waals surface area contributed by atoms with Crippen molar-refractivity contribution in [2.24, 2.45) is 0 Å². The SMILES string of the molecule is Cc1nnc(SCC(=O)N2CCN(C)CC2)[nH]c1=O. The highest BCUT2D eigenvalue weighted by Crippen LogP contribution is 2.11. The fourth-order valence-electron chi connectivity index (χ4n) is 1.72. The van der Waals surface area contributed by atoms with Crippen molar-refractivity contribution in [1.29, 1.82) is 0 Å². The lowest BCUT2D eigenvalue weighted by Gasteiger charge is -2.32. The van der Waals surface area contributed by atoms with E-state index in [0.717, 1.165) is 26.2 Å². The van der Waals surface area contributed by atoms with Gasteiger partial charge in [-0.15, -0.1) is 10.2 Å². The van der Waals surface area contributed by atoms with Crippen molar-refractivity contribution in [3.8, 4) is 0 Å². The third-order valence-corrected chi connectivity index (χ3v) is 3.88. The first-order valence-electron chi connectivity index (χ1n) is 6.09. The third-order valence-electron chi connectivity index (χ3n) is 3.03. The van der Waals surface area contributed by atoms with Gasteiger partial charge in [-0.3, -0.25) is 14.6 Å². The number of aromatic amines is 1. The van der Waals surface area contributed by atoms with Crippen LogP contribution in [-0.4, -0.2) is 69.9 Å². The minimum absolute atomic E-state index is 0.0707. The van der Waals surface area contributed by atoms with Crippen LogP contribution >= 0.6 is 11.8 Å². The van der Waals surface area contributed by atoms with Crippen LogP contribution in [0.5, 0.6) is 0 Å². The van der Waals surface area contributed by atoms with E-state index in [4.69, 9.17) is 0 Å². The van der Waals surface area contributed by atoms with Gasteiger partial charge >= 0.3 is 0 Å². The summed E-state index contributed by atoms with van der Waals surface area (Å²) in [6.07, 6.45) is 0. The van der Waals surface area contributed by atoms with E-state index < -0.39 is 0 Å². The van der Waals surface area contributed by atoms with Crippen molar-refractivity contribution in [2.75, 3.05) is 39.0 Å². The van der Waals surface area contributed by atoms with Gasteiger partial charge in [0.2, 0.25) is 5.91 Å². The molecule has 19 heavy (non-hydrogen) atoms. The Kier molecular flexibility index (Phi) is 4.54. The maximum absolute atomic E-state index is 12.0. The number of aryl methyl sites for hydroxylation is 1. The topological polar surface area (TPSA) is 82.2 Å². The van der Waals surface area contributed by atoms with E-state index >= 15 is 0 Å². The number of rotatable bonds is 3. The summed E-state index contributed by atoms with van der Waals surface area (Å²) in [6.45, 7) is 4.91. The summed E-state index contributed by atoms with van der Waals surface area (Å²) in [4.78, 5) is 30.0. The number of aromatic nitrogens is 3. The average Bonchev–Trinajstić information content (AvgIpc) is 2.40. The predicted molar refractivity (Wildman–Crippen MR) is 72.2 cm³/mol. The Morgan fingerprint density at radius 2 is 2.00 bits per heavy atom. The van der Waals surface area contributed by atoms with E-state index in [1.54, 1.807) is 6.92 Å². The van der Waals surface area contributed by atoms with Crippen LogP contribution < -0.4 is 5.56 Å². The van der Waals surface area contributed by atoms with Gasteiger partial charge in [0.25, 0.3) is 5.56 Å².